The van der Waals surface area contributed by atoms with Crippen LogP contribution in [0, 0.1) is 17.8 Å². The molecule has 3 aliphatic heterocycles. The quantitative estimate of drug-likeness (QED) is 0.0510. The molecule has 1 aromatic carbocycles. The zero-order valence-corrected chi connectivity index (χ0v) is 41.7. The van der Waals surface area contributed by atoms with E-state index in [4.69, 9.17) is 42.3 Å². The smallest absolute Gasteiger partial charge is 0.341 e. The molecular weight excluding hydrogens is 981 g/mol. The van der Waals surface area contributed by atoms with Crippen molar-refractivity contribution in [2.45, 2.75) is 196 Å². The Bertz CT molecular complexity index is 2200. The van der Waals surface area contributed by atoms with E-state index in [-0.39, 0.29) is 50.5 Å². The summed E-state index contributed by atoms with van der Waals surface area (Å²) in [5.74, 6) is -3.72. The molecule has 2 amide bonds. The van der Waals surface area contributed by atoms with E-state index in [1.54, 1.807) is 30.3 Å². The molecule has 12 unspecified atom stereocenters. The molecule has 1 aromatic heterocycles. The molecule has 0 spiro atoms. The number of carboxylic acids is 1. The molecule has 3 saturated heterocycles. The van der Waals surface area contributed by atoms with Crippen molar-refractivity contribution in [2.75, 3.05) is 26.4 Å². The van der Waals surface area contributed by atoms with Crippen LogP contribution in [0.4, 0.5) is 0 Å². The number of hydrogen-bond donors (Lipinski definition) is 11. The molecule has 2 saturated carbocycles. The lowest BCUT2D eigenvalue weighted by atomic mass is 9.75. The lowest BCUT2D eigenvalue weighted by Crippen LogP contribution is -2.67. The van der Waals surface area contributed by atoms with E-state index >= 15 is 0 Å². The highest BCUT2D eigenvalue weighted by Gasteiger charge is 2.53. The summed E-state index contributed by atoms with van der Waals surface area (Å²) in [5, 5.41) is 103. The molecule has 24 nitrogen and oxygen atoms in total. The van der Waals surface area contributed by atoms with E-state index in [0.29, 0.717) is 17.4 Å². The van der Waals surface area contributed by atoms with Gasteiger partial charge in [-0.3, -0.25) is 9.59 Å². The Kier molecular flexibility index (Phi) is 20.7. The number of aliphatic hydroxyl groups is 8. The molecule has 20 atom stereocenters. The van der Waals surface area contributed by atoms with E-state index < -0.39 is 159 Å². The molecule has 4 heterocycles. The summed E-state index contributed by atoms with van der Waals surface area (Å²) in [6.07, 6.45) is -19.3. The predicted octanol–water partition coefficient (Wildman–Crippen LogP) is -1.32. The number of carbonyl (C=O) groups is 3. The van der Waals surface area contributed by atoms with Gasteiger partial charge in [0, 0.05) is 24.8 Å². The van der Waals surface area contributed by atoms with Crippen LogP contribution in [-0.4, -0.2) is 200 Å². The maximum absolute atomic E-state index is 14.1. The van der Waals surface area contributed by atoms with Gasteiger partial charge in [-0.25, -0.2) is 9.59 Å². The molecule has 416 valence electrons. The highest BCUT2D eigenvalue weighted by atomic mass is 16.7. The van der Waals surface area contributed by atoms with Crippen molar-refractivity contribution in [3.8, 4) is 0 Å². The lowest BCUT2D eigenvalue weighted by molar-refractivity contribution is -0.338. The minimum Gasteiger partial charge on any atom is -0.479 e. The van der Waals surface area contributed by atoms with Crippen LogP contribution in [0.3, 0.4) is 0 Å². The lowest BCUT2D eigenvalue weighted by Gasteiger charge is -2.49. The van der Waals surface area contributed by atoms with Crippen LogP contribution in [0.25, 0.3) is 11.0 Å². The maximum Gasteiger partial charge on any atom is 0.341 e. The minimum atomic E-state index is -1.72. The highest BCUT2D eigenvalue weighted by molar-refractivity contribution is 5.79. The maximum atomic E-state index is 14.1. The fourth-order valence-corrected chi connectivity index (χ4v) is 10.8. The molecule has 7 rings (SSSR count). The summed E-state index contributed by atoms with van der Waals surface area (Å²) in [7, 11) is 0. The van der Waals surface area contributed by atoms with Crippen LogP contribution in [-0.2, 0) is 58.9 Å². The number of rotatable bonds is 21. The number of benzene rings is 1. The zero-order valence-electron chi connectivity index (χ0n) is 41.7. The molecule has 11 N–H and O–H groups in total. The third-order valence-electron chi connectivity index (χ3n) is 15.0. The highest BCUT2D eigenvalue weighted by Crippen LogP contribution is 2.40. The average molecular weight is 1060 g/mol. The van der Waals surface area contributed by atoms with E-state index in [1.807, 2.05) is 6.92 Å². The molecule has 74 heavy (non-hydrogen) atoms. The molecular formula is C50H74N2O22. The summed E-state index contributed by atoms with van der Waals surface area (Å²) in [6, 6.07) is 7.02. The summed E-state index contributed by atoms with van der Waals surface area (Å²) in [6.45, 7) is 2.28. The largest absolute Gasteiger partial charge is 0.479 e. The first-order valence-corrected chi connectivity index (χ1v) is 25.7. The van der Waals surface area contributed by atoms with Gasteiger partial charge in [-0.05, 0) is 50.2 Å². The van der Waals surface area contributed by atoms with Gasteiger partial charge < -0.3 is 98.9 Å². The monoisotopic (exact) mass is 1050 g/mol. The number of aliphatic hydroxyl groups excluding tert-OH is 8. The number of fused-ring (bicyclic) bond motifs is 1. The number of carbonyl (C=O) groups excluding carboxylic acids is 2. The first kappa shape index (κ1) is 57.9. The standard InChI is InChI=1S/C50H74N2O22/c1-4-26-17-28(45(62)51-14-15-66-49-41(61)44(38(58)34(21-54)73-49)67-22-29-18-27-12-8-9-13-30(27)70-47(29)65)19-31(42(26)74-50-40(60)39(59)36(56)23(2)68-50)71-48-35(52-24(3)55)43(37(57)33(20-53)72-48)69-32(46(63)64)16-25-10-6-5-7-11-25/h8-9,12-13,18,23,25-26,28,31-44,48-50,53-54,56-61H,4-7,10-11,14-17,19-22H2,1-3H3,(H,51,62)(H,52,55)(H,63,64)/t23?,26?,28?,31-,32+,33?,34?,35?,36-,37+,38-,39?,40?,41?,42?,43?,44?,48-,49+,50+/m1/s1. The number of amides is 2. The van der Waals surface area contributed by atoms with Crippen LogP contribution >= 0.6 is 0 Å². The summed E-state index contributed by atoms with van der Waals surface area (Å²) in [4.78, 5) is 52.4. The van der Waals surface area contributed by atoms with Crippen molar-refractivity contribution in [1.82, 2.24) is 10.6 Å². The normalized spacial score (nSPS) is 37.5. The van der Waals surface area contributed by atoms with E-state index in [9.17, 15) is 65.1 Å². The molecule has 5 aliphatic rings. The molecule has 0 bridgehead atoms. The van der Waals surface area contributed by atoms with Crippen LogP contribution in [0.2, 0.25) is 0 Å². The Morgan fingerprint density at radius 1 is 0.784 bits per heavy atom. The van der Waals surface area contributed by atoms with Crippen molar-refractivity contribution < 1.29 is 103 Å². The number of para-hydroxylation sites is 1. The fraction of sp³-hybridized carbons (Fsp3) is 0.760. The second-order valence-corrected chi connectivity index (χ2v) is 20.1. The number of carboxylic acid groups (broad SMARTS) is 1. The third kappa shape index (κ3) is 13.8. The first-order chi connectivity index (χ1) is 35.4. The van der Waals surface area contributed by atoms with Gasteiger partial charge in [0.05, 0.1) is 50.3 Å². The van der Waals surface area contributed by atoms with Crippen molar-refractivity contribution in [1.29, 1.82) is 0 Å². The molecule has 2 aliphatic carbocycles. The van der Waals surface area contributed by atoms with Gasteiger partial charge in [-0.1, -0.05) is 63.6 Å². The Balaban J connectivity index is 1.06. The van der Waals surface area contributed by atoms with Gasteiger partial charge in [0.2, 0.25) is 11.8 Å². The topological polar surface area (TPSA) is 361 Å². The van der Waals surface area contributed by atoms with Crippen molar-refractivity contribution >= 4 is 28.8 Å². The van der Waals surface area contributed by atoms with E-state index in [1.165, 1.54) is 13.8 Å². The Hall–Kier alpha value is -3.80. The summed E-state index contributed by atoms with van der Waals surface area (Å²) < 4.78 is 53.9. The first-order valence-electron chi connectivity index (χ1n) is 25.7. The van der Waals surface area contributed by atoms with Crippen molar-refractivity contribution in [3.63, 3.8) is 0 Å². The fourth-order valence-electron chi connectivity index (χ4n) is 10.8. The zero-order chi connectivity index (χ0) is 53.4. The predicted molar refractivity (Wildman–Crippen MR) is 253 cm³/mol. The second-order valence-electron chi connectivity index (χ2n) is 20.1. The molecule has 2 aromatic rings. The number of nitrogens with one attached hydrogen (secondary N) is 2. The van der Waals surface area contributed by atoms with Crippen LogP contribution in [0.5, 0.6) is 0 Å². The second kappa shape index (κ2) is 26.5. The van der Waals surface area contributed by atoms with Crippen LogP contribution < -0.4 is 16.3 Å². The van der Waals surface area contributed by atoms with E-state index in [2.05, 4.69) is 10.6 Å². The Morgan fingerprint density at radius 3 is 2.15 bits per heavy atom. The summed E-state index contributed by atoms with van der Waals surface area (Å²) in [5.41, 5.74) is -0.209. The van der Waals surface area contributed by atoms with Gasteiger partial charge in [0.15, 0.2) is 25.0 Å². The molecule has 5 fully saturated rings. The van der Waals surface area contributed by atoms with Gasteiger partial charge in [0.1, 0.15) is 72.7 Å². The number of aliphatic carboxylic acids is 1. The summed E-state index contributed by atoms with van der Waals surface area (Å²) >= 11 is 0. The number of ether oxygens (including phenoxy) is 8. The number of hydrogen-bond acceptors (Lipinski definition) is 21. The SMILES string of the molecule is CCC1CC(C(=O)NCCO[C@H]2OC(CO)[C@@H](O)C(OCc3cc4ccccc4oc3=O)C2O)C[C@@H](O[C@@H]2OC(CO)[C@H](O)C(O[C@@H](CC3CCCCC3)C(=O)O)C2NC(C)=O)C1O[C@@H]1OC(C)[C@@H](O)C(O)C1O. The van der Waals surface area contributed by atoms with Gasteiger partial charge >= 0.3 is 11.6 Å². The van der Waals surface area contributed by atoms with Crippen LogP contribution in [0.1, 0.15) is 84.1 Å². The minimum absolute atomic E-state index is 0.0355. The van der Waals surface area contributed by atoms with Crippen LogP contribution in [0.15, 0.2) is 39.5 Å². The Morgan fingerprint density at radius 2 is 1.47 bits per heavy atom. The van der Waals surface area contributed by atoms with Crippen molar-refractivity contribution in [2.24, 2.45) is 17.8 Å². The Labute approximate surface area is 427 Å². The van der Waals surface area contributed by atoms with Gasteiger partial charge in [-0.15, -0.1) is 0 Å². The average Bonchev–Trinajstić information content (AvgIpc) is 3.38. The van der Waals surface area contributed by atoms with Gasteiger partial charge in [-0.2, -0.15) is 0 Å². The van der Waals surface area contributed by atoms with Crippen molar-refractivity contribution in [3.05, 3.63) is 46.3 Å². The third-order valence-corrected chi connectivity index (χ3v) is 15.0. The molecule has 24 heteroatoms. The van der Waals surface area contributed by atoms with E-state index in [0.717, 1.165) is 32.1 Å². The van der Waals surface area contributed by atoms with Gasteiger partial charge in [0.25, 0.3) is 0 Å². The molecule has 0 radical (unpaired) electrons.